The third-order valence-electron chi connectivity index (χ3n) is 4.03. The van der Waals surface area contributed by atoms with Crippen LogP contribution in [0.2, 0.25) is 0 Å². The molecule has 154 valence electrons. The predicted molar refractivity (Wildman–Crippen MR) is 99.3 cm³/mol. The average molecular weight is 393 g/mol. The van der Waals surface area contributed by atoms with Crippen LogP contribution >= 0.6 is 0 Å². The summed E-state index contributed by atoms with van der Waals surface area (Å²) in [6, 6.07) is 8.40. The van der Waals surface area contributed by atoms with Crippen LogP contribution in [0, 0.1) is 0 Å². The zero-order valence-corrected chi connectivity index (χ0v) is 16.7. The van der Waals surface area contributed by atoms with Crippen LogP contribution in [-0.2, 0) is 35.1 Å². The number of carbonyl (C=O) groups excluding carboxylic acids is 3. The van der Waals surface area contributed by atoms with E-state index in [0.29, 0.717) is 0 Å². The molecule has 1 aromatic carbocycles. The Bertz CT molecular complexity index is 684. The minimum Gasteiger partial charge on any atom is -0.467 e. The molecule has 0 saturated carbocycles. The summed E-state index contributed by atoms with van der Waals surface area (Å²) in [6.45, 7) is 5.24. The van der Waals surface area contributed by atoms with Gasteiger partial charge in [0.25, 0.3) is 0 Å². The van der Waals surface area contributed by atoms with Crippen molar-refractivity contribution in [2.24, 2.45) is 0 Å². The Labute approximate surface area is 164 Å². The number of amides is 1. The Balaban J connectivity index is 1.93. The van der Waals surface area contributed by atoms with Crippen LogP contribution in [0.5, 0.6) is 0 Å². The van der Waals surface area contributed by atoms with Crippen LogP contribution in [0.15, 0.2) is 30.3 Å². The minimum atomic E-state index is -0.822. The molecule has 2 atom stereocenters. The Morgan fingerprint density at radius 3 is 2.43 bits per heavy atom. The third kappa shape index (κ3) is 6.53. The van der Waals surface area contributed by atoms with E-state index in [1.807, 2.05) is 30.3 Å². The van der Waals surface area contributed by atoms with E-state index in [0.717, 1.165) is 5.56 Å². The van der Waals surface area contributed by atoms with Crippen LogP contribution in [0.4, 0.5) is 4.79 Å². The first kappa shape index (κ1) is 21.7. The predicted octanol–water partition coefficient (Wildman–Crippen LogP) is 2.30. The van der Waals surface area contributed by atoms with Gasteiger partial charge in [-0.25, -0.2) is 14.4 Å². The fourth-order valence-electron chi connectivity index (χ4n) is 2.84. The van der Waals surface area contributed by atoms with Crippen molar-refractivity contribution in [2.45, 2.75) is 51.5 Å². The summed E-state index contributed by atoms with van der Waals surface area (Å²) < 4.78 is 20.8. The molecule has 0 aromatic heterocycles. The largest absolute Gasteiger partial charge is 0.467 e. The molecule has 1 aliphatic rings. The summed E-state index contributed by atoms with van der Waals surface area (Å²) in [6.07, 6.45) is -0.917. The molecule has 0 aliphatic carbocycles. The van der Waals surface area contributed by atoms with Gasteiger partial charge in [0.15, 0.2) is 0 Å². The highest BCUT2D eigenvalue weighted by molar-refractivity contribution is 5.82. The minimum absolute atomic E-state index is 0.0908. The number of rotatable bonds is 6. The lowest BCUT2D eigenvalue weighted by Gasteiger charge is -2.22. The molecule has 28 heavy (non-hydrogen) atoms. The van der Waals surface area contributed by atoms with E-state index in [9.17, 15) is 14.4 Å². The summed E-state index contributed by atoms with van der Waals surface area (Å²) in [5, 5.41) is 0. The second kappa shape index (κ2) is 9.54. The number of esters is 2. The van der Waals surface area contributed by atoms with Gasteiger partial charge in [-0.3, -0.25) is 4.90 Å². The van der Waals surface area contributed by atoms with Crippen LogP contribution in [0.1, 0.15) is 32.8 Å². The van der Waals surface area contributed by atoms with Crippen molar-refractivity contribution in [3.63, 3.8) is 0 Å². The van der Waals surface area contributed by atoms with E-state index in [1.54, 1.807) is 20.8 Å². The van der Waals surface area contributed by atoms with E-state index >= 15 is 0 Å². The first-order valence-corrected chi connectivity index (χ1v) is 9.08. The molecule has 0 radical (unpaired) electrons. The van der Waals surface area contributed by atoms with Crippen molar-refractivity contribution in [1.82, 2.24) is 4.90 Å². The highest BCUT2D eigenvalue weighted by atomic mass is 16.6. The fourth-order valence-corrected chi connectivity index (χ4v) is 2.84. The average Bonchev–Trinajstić information content (AvgIpc) is 3.08. The second-order valence-corrected chi connectivity index (χ2v) is 7.49. The van der Waals surface area contributed by atoms with E-state index in [1.165, 1.54) is 12.0 Å². The monoisotopic (exact) mass is 393 g/mol. The van der Waals surface area contributed by atoms with Crippen molar-refractivity contribution in [3.8, 4) is 0 Å². The van der Waals surface area contributed by atoms with Crippen LogP contribution in [-0.4, -0.2) is 60.9 Å². The molecule has 1 aromatic rings. The molecule has 0 unspecified atom stereocenters. The van der Waals surface area contributed by atoms with E-state index in [2.05, 4.69) is 0 Å². The fraction of sp³-hybridized carbons (Fsp3) is 0.550. The van der Waals surface area contributed by atoms with Crippen molar-refractivity contribution in [1.29, 1.82) is 0 Å². The number of hydrogen-bond donors (Lipinski definition) is 0. The van der Waals surface area contributed by atoms with Gasteiger partial charge in [0, 0.05) is 6.42 Å². The number of nitrogens with zero attached hydrogens (tertiary/aromatic N) is 1. The van der Waals surface area contributed by atoms with Gasteiger partial charge < -0.3 is 18.9 Å². The van der Waals surface area contributed by atoms with Gasteiger partial charge in [-0.2, -0.15) is 0 Å². The van der Waals surface area contributed by atoms with Crippen molar-refractivity contribution < 1.29 is 33.3 Å². The van der Waals surface area contributed by atoms with E-state index in [4.69, 9.17) is 18.9 Å². The first-order chi connectivity index (χ1) is 13.2. The van der Waals surface area contributed by atoms with Crippen LogP contribution in [0.25, 0.3) is 0 Å². The summed E-state index contributed by atoms with van der Waals surface area (Å²) in [5.74, 6) is -1.06. The lowest BCUT2D eigenvalue weighted by atomic mass is 10.2. The maximum absolute atomic E-state index is 12.5. The van der Waals surface area contributed by atoms with Gasteiger partial charge in [0.2, 0.25) is 0 Å². The van der Waals surface area contributed by atoms with Crippen molar-refractivity contribution in [2.75, 3.05) is 20.3 Å². The lowest BCUT2D eigenvalue weighted by molar-refractivity contribution is -0.162. The molecule has 8 heteroatoms. The lowest BCUT2D eigenvalue weighted by Crippen LogP contribution is -2.41. The van der Waals surface area contributed by atoms with Gasteiger partial charge in [-0.05, 0) is 26.3 Å². The Kier molecular flexibility index (Phi) is 7.39. The highest BCUT2D eigenvalue weighted by Gasteiger charge is 2.42. The van der Waals surface area contributed by atoms with Crippen molar-refractivity contribution >= 4 is 18.0 Å². The molecule has 0 spiro atoms. The normalized spacial score (nSPS) is 19.2. The topological polar surface area (TPSA) is 91.4 Å². The van der Waals surface area contributed by atoms with Crippen molar-refractivity contribution in [3.05, 3.63) is 35.9 Å². The zero-order chi connectivity index (χ0) is 20.7. The van der Waals surface area contributed by atoms with E-state index in [-0.39, 0.29) is 26.2 Å². The number of benzene rings is 1. The maximum Gasteiger partial charge on any atom is 0.410 e. The zero-order valence-electron chi connectivity index (χ0n) is 16.7. The molecule has 2 rings (SSSR count). The number of carbonyl (C=O) groups is 3. The smallest absolute Gasteiger partial charge is 0.410 e. The standard InChI is InChI=1S/C20H27NO7/c1-20(2,3)28-17(22)13-26-15-10-16(18(23)25-4)21(11-15)19(24)27-12-14-8-6-5-7-9-14/h5-9,15-16H,10-13H2,1-4H3/t15-,16+/m1/s1. The number of likely N-dealkylation sites (tertiary alicyclic amines) is 1. The van der Waals surface area contributed by atoms with Crippen LogP contribution in [0.3, 0.4) is 0 Å². The van der Waals surface area contributed by atoms with Gasteiger partial charge in [0.05, 0.1) is 19.8 Å². The van der Waals surface area contributed by atoms with Gasteiger partial charge in [-0.1, -0.05) is 30.3 Å². The molecular formula is C20H27NO7. The molecule has 1 aliphatic heterocycles. The molecule has 8 nitrogen and oxygen atoms in total. The van der Waals surface area contributed by atoms with Gasteiger partial charge in [0.1, 0.15) is 24.9 Å². The summed E-state index contributed by atoms with van der Waals surface area (Å²) in [5.41, 5.74) is 0.222. The van der Waals surface area contributed by atoms with Gasteiger partial charge >= 0.3 is 18.0 Å². The number of hydrogen-bond acceptors (Lipinski definition) is 7. The maximum atomic E-state index is 12.5. The number of ether oxygens (including phenoxy) is 4. The summed E-state index contributed by atoms with van der Waals surface area (Å²) in [7, 11) is 1.25. The highest BCUT2D eigenvalue weighted by Crippen LogP contribution is 2.23. The molecule has 1 saturated heterocycles. The van der Waals surface area contributed by atoms with Gasteiger partial charge in [-0.15, -0.1) is 0 Å². The Morgan fingerprint density at radius 2 is 1.82 bits per heavy atom. The third-order valence-corrected chi connectivity index (χ3v) is 4.03. The first-order valence-electron chi connectivity index (χ1n) is 9.08. The SMILES string of the molecule is COC(=O)[C@@H]1C[C@@H](OCC(=O)OC(C)(C)C)CN1C(=O)OCc1ccccc1. The Morgan fingerprint density at radius 1 is 1.14 bits per heavy atom. The molecule has 1 amide bonds. The summed E-state index contributed by atoms with van der Waals surface area (Å²) in [4.78, 5) is 37.6. The van der Waals surface area contributed by atoms with E-state index < -0.39 is 35.8 Å². The molecule has 0 bridgehead atoms. The molecule has 1 heterocycles. The Hall–Kier alpha value is -2.61. The molecule has 0 N–H and O–H groups in total. The number of methoxy groups -OCH3 is 1. The second-order valence-electron chi connectivity index (χ2n) is 7.49. The molecular weight excluding hydrogens is 366 g/mol. The van der Waals surface area contributed by atoms with Crippen LogP contribution < -0.4 is 0 Å². The quantitative estimate of drug-likeness (QED) is 0.541. The molecule has 1 fully saturated rings. The summed E-state index contributed by atoms with van der Waals surface area (Å²) >= 11 is 0.